The minimum atomic E-state index is 0.205. The van der Waals surface area contributed by atoms with Gasteiger partial charge in [0.2, 0.25) is 0 Å². The maximum absolute atomic E-state index is 9.21. The second kappa shape index (κ2) is 5.05. The van der Waals surface area contributed by atoms with Crippen LogP contribution < -0.4 is 10.6 Å². The summed E-state index contributed by atoms with van der Waals surface area (Å²) in [5.74, 6) is 0. The van der Waals surface area contributed by atoms with E-state index in [1.165, 1.54) is 6.42 Å². The van der Waals surface area contributed by atoms with Crippen molar-refractivity contribution in [2.45, 2.75) is 31.7 Å². The lowest BCUT2D eigenvalue weighted by Crippen LogP contribution is -2.40. The van der Waals surface area contributed by atoms with Crippen LogP contribution in [0.5, 0.6) is 0 Å². The summed E-state index contributed by atoms with van der Waals surface area (Å²) in [6, 6.07) is 4.16. The molecule has 1 aliphatic rings. The molecule has 0 saturated carbocycles. The van der Waals surface area contributed by atoms with Gasteiger partial charge in [0.05, 0.1) is 11.4 Å². The molecule has 1 atom stereocenters. The molecule has 2 aromatic rings. The molecule has 0 radical (unpaired) electrons. The number of anilines is 2. The molecule has 2 heterocycles. The second-order valence-corrected chi connectivity index (χ2v) is 4.99. The number of rotatable bonds is 3. The van der Waals surface area contributed by atoms with E-state index in [0.717, 1.165) is 31.5 Å². The molecule has 3 rings (SSSR count). The van der Waals surface area contributed by atoms with Gasteiger partial charge in [-0.3, -0.25) is 0 Å². The van der Waals surface area contributed by atoms with E-state index < -0.39 is 0 Å². The van der Waals surface area contributed by atoms with E-state index in [1.807, 2.05) is 12.1 Å². The molecule has 1 aliphatic heterocycles. The number of nitrogens with two attached hydrogens (primary N) is 1. The van der Waals surface area contributed by atoms with Gasteiger partial charge in [-0.2, -0.15) is 0 Å². The van der Waals surface area contributed by atoms with Gasteiger partial charge in [0.1, 0.15) is 0 Å². The lowest BCUT2D eigenvalue weighted by molar-refractivity contribution is 0.262. The van der Waals surface area contributed by atoms with Crippen molar-refractivity contribution in [1.82, 2.24) is 10.3 Å². The summed E-state index contributed by atoms with van der Waals surface area (Å²) < 4.78 is 4.82. The lowest BCUT2D eigenvalue weighted by Gasteiger charge is -2.37. The maximum atomic E-state index is 9.21. The molecular weight excluding hydrogens is 244 g/mol. The number of aliphatic hydroxyl groups excluding tert-OH is 1. The summed E-state index contributed by atoms with van der Waals surface area (Å²) in [6.07, 6.45) is 4.23. The number of nitrogens with zero attached hydrogens (tertiary/aromatic N) is 3. The molecule has 1 aromatic heterocycles. The first-order valence-corrected chi connectivity index (χ1v) is 6.69. The Bertz CT molecular complexity index is 567. The van der Waals surface area contributed by atoms with Crippen molar-refractivity contribution in [1.29, 1.82) is 0 Å². The number of nitrogen functional groups attached to an aromatic ring is 1. The lowest BCUT2D eigenvalue weighted by atomic mass is 9.98. The number of fused-ring (bicyclic) bond motifs is 1. The highest BCUT2D eigenvalue weighted by Crippen LogP contribution is 2.33. The zero-order chi connectivity index (χ0) is 13.2. The molecule has 1 fully saturated rings. The Kier molecular flexibility index (Phi) is 3.25. The summed E-state index contributed by atoms with van der Waals surface area (Å²) in [5, 5.41) is 17.0. The highest BCUT2D eigenvalue weighted by Gasteiger charge is 2.25. The van der Waals surface area contributed by atoms with Crippen LogP contribution in [0.2, 0.25) is 0 Å². The Morgan fingerprint density at radius 1 is 1.32 bits per heavy atom. The van der Waals surface area contributed by atoms with Gasteiger partial charge in [-0.15, -0.1) is 0 Å². The van der Waals surface area contributed by atoms with Crippen molar-refractivity contribution in [2.24, 2.45) is 0 Å². The summed E-state index contributed by atoms with van der Waals surface area (Å²) >= 11 is 0. The first-order valence-electron chi connectivity index (χ1n) is 6.69. The van der Waals surface area contributed by atoms with Crippen molar-refractivity contribution < 1.29 is 9.74 Å². The number of hydrogen-bond acceptors (Lipinski definition) is 6. The summed E-state index contributed by atoms with van der Waals surface area (Å²) in [6.45, 7) is 1.17. The minimum Gasteiger partial charge on any atom is -0.397 e. The molecular formula is C13H18N4O2. The van der Waals surface area contributed by atoms with E-state index in [1.54, 1.807) is 0 Å². The SMILES string of the molecule is Nc1ccc(N2CCCCC2CCO)c2nonc12. The van der Waals surface area contributed by atoms with Gasteiger partial charge in [-0.1, -0.05) is 0 Å². The summed E-state index contributed by atoms with van der Waals surface area (Å²) in [7, 11) is 0. The summed E-state index contributed by atoms with van der Waals surface area (Å²) in [5.41, 5.74) is 8.78. The molecule has 1 aromatic carbocycles. The first-order chi connectivity index (χ1) is 9.31. The predicted molar refractivity (Wildman–Crippen MR) is 72.9 cm³/mol. The van der Waals surface area contributed by atoms with E-state index in [-0.39, 0.29) is 6.61 Å². The van der Waals surface area contributed by atoms with E-state index in [4.69, 9.17) is 10.4 Å². The van der Waals surface area contributed by atoms with Gasteiger partial charge >= 0.3 is 0 Å². The third-order valence-corrected chi connectivity index (χ3v) is 3.82. The Morgan fingerprint density at radius 2 is 2.16 bits per heavy atom. The highest BCUT2D eigenvalue weighted by molar-refractivity contribution is 5.95. The molecule has 6 nitrogen and oxygen atoms in total. The number of aromatic nitrogens is 2. The van der Waals surface area contributed by atoms with Crippen molar-refractivity contribution >= 4 is 22.4 Å². The van der Waals surface area contributed by atoms with E-state index in [2.05, 4.69) is 15.2 Å². The maximum Gasteiger partial charge on any atom is 0.160 e. The highest BCUT2D eigenvalue weighted by atomic mass is 16.6. The largest absolute Gasteiger partial charge is 0.397 e. The van der Waals surface area contributed by atoms with Gasteiger partial charge < -0.3 is 15.7 Å². The monoisotopic (exact) mass is 262 g/mol. The van der Waals surface area contributed by atoms with Crippen LogP contribution in [0, 0.1) is 0 Å². The molecule has 0 bridgehead atoms. The quantitative estimate of drug-likeness (QED) is 0.816. The predicted octanol–water partition coefficient (Wildman–Crippen LogP) is 1.55. The summed E-state index contributed by atoms with van der Waals surface area (Å²) in [4.78, 5) is 2.30. The number of aliphatic hydroxyl groups is 1. The number of piperidine rings is 1. The molecule has 19 heavy (non-hydrogen) atoms. The van der Waals surface area contributed by atoms with Crippen LogP contribution in [-0.2, 0) is 0 Å². The molecule has 0 amide bonds. The Morgan fingerprint density at radius 3 is 3.00 bits per heavy atom. The fraction of sp³-hybridized carbons (Fsp3) is 0.538. The average molecular weight is 262 g/mol. The van der Waals surface area contributed by atoms with Crippen molar-refractivity contribution in [3.05, 3.63) is 12.1 Å². The fourth-order valence-corrected chi connectivity index (χ4v) is 2.87. The molecule has 1 saturated heterocycles. The molecule has 1 unspecified atom stereocenters. The van der Waals surface area contributed by atoms with Crippen molar-refractivity contribution in [2.75, 3.05) is 23.8 Å². The molecule has 3 N–H and O–H groups in total. The van der Waals surface area contributed by atoms with Crippen LogP contribution in [0.3, 0.4) is 0 Å². The molecule has 102 valence electrons. The van der Waals surface area contributed by atoms with E-state index in [0.29, 0.717) is 22.8 Å². The molecule has 6 heteroatoms. The van der Waals surface area contributed by atoms with Gasteiger partial charge in [0.25, 0.3) is 0 Å². The normalized spacial score (nSPS) is 20.1. The third-order valence-electron chi connectivity index (χ3n) is 3.82. The van der Waals surface area contributed by atoms with Gasteiger partial charge in [0, 0.05) is 19.2 Å². The van der Waals surface area contributed by atoms with Crippen molar-refractivity contribution in [3.8, 4) is 0 Å². The van der Waals surface area contributed by atoms with Gasteiger partial charge in [-0.05, 0) is 48.1 Å². The topological polar surface area (TPSA) is 88.4 Å². The van der Waals surface area contributed by atoms with Crippen LogP contribution in [0.25, 0.3) is 11.0 Å². The van der Waals surface area contributed by atoms with Gasteiger partial charge in [-0.25, -0.2) is 4.63 Å². The Balaban J connectivity index is 2.02. The third kappa shape index (κ3) is 2.12. The smallest absolute Gasteiger partial charge is 0.160 e. The van der Waals surface area contributed by atoms with Crippen LogP contribution >= 0.6 is 0 Å². The van der Waals surface area contributed by atoms with Gasteiger partial charge in [0.15, 0.2) is 11.0 Å². The minimum absolute atomic E-state index is 0.205. The van der Waals surface area contributed by atoms with Crippen LogP contribution in [-0.4, -0.2) is 34.6 Å². The van der Waals surface area contributed by atoms with E-state index >= 15 is 0 Å². The number of hydrogen-bond donors (Lipinski definition) is 2. The van der Waals surface area contributed by atoms with E-state index in [9.17, 15) is 5.11 Å². The van der Waals surface area contributed by atoms with Crippen LogP contribution in [0.1, 0.15) is 25.7 Å². The molecule has 0 aliphatic carbocycles. The zero-order valence-electron chi connectivity index (χ0n) is 10.7. The number of benzene rings is 1. The van der Waals surface area contributed by atoms with Crippen molar-refractivity contribution in [3.63, 3.8) is 0 Å². The van der Waals surface area contributed by atoms with Crippen LogP contribution in [0.15, 0.2) is 16.8 Å². The molecule has 0 spiro atoms. The van der Waals surface area contributed by atoms with Crippen LogP contribution in [0.4, 0.5) is 11.4 Å². The zero-order valence-corrected chi connectivity index (χ0v) is 10.7. The first kappa shape index (κ1) is 12.2. The standard InChI is InChI=1S/C13H18N4O2/c14-10-4-5-11(13-12(10)15-19-16-13)17-7-2-1-3-9(17)6-8-18/h4-5,9,18H,1-3,6-8,14H2. The fourth-order valence-electron chi connectivity index (χ4n) is 2.87. The second-order valence-electron chi connectivity index (χ2n) is 4.99. The average Bonchev–Trinajstić information content (AvgIpc) is 2.91. The Labute approximate surface area is 111 Å². The Hall–Kier alpha value is -1.82.